The number of nitrogens with one attached hydrogen (secondary N) is 1. The molecule has 4 heteroatoms. The van der Waals surface area contributed by atoms with E-state index in [1.54, 1.807) is 0 Å². The van der Waals surface area contributed by atoms with Crippen LogP contribution in [0.1, 0.15) is 17.5 Å². The van der Waals surface area contributed by atoms with E-state index in [2.05, 4.69) is 24.4 Å². The van der Waals surface area contributed by atoms with Gasteiger partial charge in [-0.05, 0) is 49.2 Å². The molecule has 3 rings (SSSR count). The first-order valence-corrected chi connectivity index (χ1v) is 7.29. The third kappa shape index (κ3) is 2.96. The summed E-state index contributed by atoms with van der Waals surface area (Å²) in [5.41, 5.74) is 3.26. The number of rotatable bonds is 3. The fraction of sp³-hybridized carbons (Fsp3) is 0.188. The lowest BCUT2D eigenvalue weighted by atomic mass is 10.0. The Morgan fingerprint density at radius 2 is 1.90 bits per heavy atom. The van der Waals surface area contributed by atoms with Crippen LogP contribution in [0.5, 0.6) is 5.75 Å². The van der Waals surface area contributed by atoms with Crippen LogP contribution in [0, 0.1) is 6.92 Å². The number of benzene rings is 2. The Morgan fingerprint density at radius 3 is 2.70 bits per heavy atom. The van der Waals surface area contributed by atoms with E-state index in [-0.39, 0.29) is 5.91 Å². The molecule has 3 nitrogen and oxygen atoms in total. The van der Waals surface area contributed by atoms with E-state index in [9.17, 15) is 4.79 Å². The molecule has 0 radical (unpaired) electrons. The van der Waals surface area contributed by atoms with Crippen molar-refractivity contribution >= 4 is 23.6 Å². The highest BCUT2D eigenvalue weighted by atomic mass is 32.2. The molecule has 1 amide bonds. The van der Waals surface area contributed by atoms with Crippen molar-refractivity contribution in [3.63, 3.8) is 0 Å². The first-order valence-electron chi connectivity index (χ1n) is 6.55. The molecule has 0 fully saturated rings. The molecule has 0 atom stereocenters. The van der Waals surface area contributed by atoms with E-state index in [0.29, 0.717) is 6.42 Å². The predicted octanol–water partition coefficient (Wildman–Crippen LogP) is 3.97. The van der Waals surface area contributed by atoms with E-state index in [1.807, 2.05) is 30.3 Å². The minimum absolute atomic E-state index is 0.0835. The SMILES string of the molecule is Cc1ccc(SOc2ccc3c(c2)CCC(=O)N3)cc1. The van der Waals surface area contributed by atoms with Crippen LogP contribution in [0.2, 0.25) is 0 Å². The Labute approximate surface area is 122 Å². The normalized spacial score (nSPS) is 13.6. The summed E-state index contributed by atoms with van der Waals surface area (Å²) in [6.07, 6.45) is 1.31. The van der Waals surface area contributed by atoms with E-state index < -0.39 is 0 Å². The zero-order chi connectivity index (χ0) is 13.9. The maximum absolute atomic E-state index is 11.3. The minimum atomic E-state index is 0.0835. The molecule has 1 aliphatic heterocycles. The van der Waals surface area contributed by atoms with E-state index in [4.69, 9.17) is 4.18 Å². The smallest absolute Gasteiger partial charge is 0.224 e. The van der Waals surface area contributed by atoms with Crippen molar-refractivity contribution < 1.29 is 8.98 Å². The summed E-state index contributed by atoms with van der Waals surface area (Å²) in [7, 11) is 0. The van der Waals surface area contributed by atoms with Crippen molar-refractivity contribution in [2.24, 2.45) is 0 Å². The van der Waals surface area contributed by atoms with Gasteiger partial charge in [0.1, 0.15) is 5.75 Å². The third-order valence-corrected chi connectivity index (χ3v) is 3.97. The summed E-state index contributed by atoms with van der Waals surface area (Å²) in [5.74, 6) is 0.894. The van der Waals surface area contributed by atoms with Gasteiger partial charge in [0.25, 0.3) is 0 Å². The van der Waals surface area contributed by atoms with Crippen molar-refractivity contribution in [3.8, 4) is 5.75 Å². The molecule has 0 bridgehead atoms. The Balaban J connectivity index is 1.69. The molecule has 2 aromatic rings. The zero-order valence-electron chi connectivity index (χ0n) is 11.2. The van der Waals surface area contributed by atoms with Crippen LogP contribution >= 0.6 is 12.0 Å². The highest BCUT2D eigenvalue weighted by molar-refractivity contribution is 7.95. The maximum atomic E-state index is 11.3. The van der Waals surface area contributed by atoms with Crippen molar-refractivity contribution in [3.05, 3.63) is 53.6 Å². The average Bonchev–Trinajstić information content (AvgIpc) is 2.46. The van der Waals surface area contributed by atoms with Gasteiger partial charge in [0.2, 0.25) is 5.91 Å². The van der Waals surface area contributed by atoms with Gasteiger partial charge in [-0.3, -0.25) is 4.79 Å². The van der Waals surface area contributed by atoms with Gasteiger partial charge in [-0.15, -0.1) is 0 Å². The number of amides is 1. The van der Waals surface area contributed by atoms with Gasteiger partial charge in [-0.1, -0.05) is 17.7 Å². The summed E-state index contributed by atoms with van der Waals surface area (Å²) in [6, 6.07) is 14.0. The molecule has 20 heavy (non-hydrogen) atoms. The van der Waals surface area contributed by atoms with Crippen molar-refractivity contribution in [2.45, 2.75) is 24.7 Å². The van der Waals surface area contributed by atoms with Gasteiger partial charge >= 0.3 is 0 Å². The summed E-state index contributed by atoms with van der Waals surface area (Å²) >= 11 is 1.35. The largest absolute Gasteiger partial charge is 0.421 e. The van der Waals surface area contributed by atoms with Crippen molar-refractivity contribution in [1.82, 2.24) is 0 Å². The maximum Gasteiger partial charge on any atom is 0.224 e. The molecule has 2 aromatic carbocycles. The summed E-state index contributed by atoms with van der Waals surface area (Å²) < 4.78 is 5.73. The fourth-order valence-corrected chi connectivity index (χ4v) is 2.64. The summed E-state index contributed by atoms with van der Waals surface area (Å²) in [6.45, 7) is 2.06. The van der Waals surface area contributed by atoms with Crippen LogP contribution in [-0.2, 0) is 11.2 Å². The zero-order valence-corrected chi connectivity index (χ0v) is 12.0. The van der Waals surface area contributed by atoms with Gasteiger partial charge in [0, 0.05) is 17.0 Å². The molecule has 1 heterocycles. The predicted molar refractivity (Wildman–Crippen MR) is 81.1 cm³/mol. The van der Waals surface area contributed by atoms with Gasteiger partial charge in [-0.25, -0.2) is 0 Å². The first kappa shape index (κ1) is 13.1. The second kappa shape index (κ2) is 5.59. The van der Waals surface area contributed by atoms with Crippen LogP contribution < -0.4 is 9.50 Å². The van der Waals surface area contributed by atoms with Crippen LogP contribution in [0.4, 0.5) is 5.69 Å². The van der Waals surface area contributed by atoms with Crippen LogP contribution in [0.15, 0.2) is 47.4 Å². The van der Waals surface area contributed by atoms with Crippen LogP contribution in [0.3, 0.4) is 0 Å². The number of hydrogen-bond acceptors (Lipinski definition) is 3. The molecule has 0 saturated carbocycles. The van der Waals surface area contributed by atoms with Crippen molar-refractivity contribution in [1.29, 1.82) is 0 Å². The third-order valence-electron chi connectivity index (χ3n) is 3.23. The summed E-state index contributed by atoms with van der Waals surface area (Å²) in [4.78, 5) is 12.4. The number of carbonyl (C=O) groups is 1. The lowest BCUT2D eigenvalue weighted by Crippen LogP contribution is -2.18. The second-order valence-corrected chi connectivity index (χ2v) is 5.65. The standard InChI is InChI=1S/C16H15NO2S/c1-11-2-6-14(7-3-11)20-19-13-5-8-15-12(10-13)4-9-16(18)17-15/h2-3,5-8,10H,4,9H2,1H3,(H,17,18). The average molecular weight is 285 g/mol. The Morgan fingerprint density at radius 1 is 1.10 bits per heavy atom. The van der Waals surface area contributed by atoms with E-state index in [0.717, 1.165) is 28.3 Å². The molecular weight excluding hydrogens is 270 g/mol. The number of fused-ring (bicyclic) bond motifs is 1. The van der Waals surface area contributed by atoms with Gasteiger partial charge in [-0.2, -0.15) is 0 Å². The van der Waals surface area contributed by atoms with Crippen LogP contribution in [-0.4, -0.2) is 5.91 Å². The number of carbonyl (C=O) groups excluding carboxylic acids is 1. The molecule has 1 aliphatic rings. The lowest BCUT2D eigenvalue weighted by Gasteiger charge is -2.17. The van der Waals surface area contributed by atoms with E-state index in [1.165, 1.54) is 17.6 Å². The Kier molecular flexibility index (Phi) is 3.65. The molecule has 0 aromatic heterocycles. The minimum Gasteiger partial charge on any atom is -0.421 e. The van der Waals surface area contributed by atoms with Gasteiger partial charge < -0.3 is 9.50 Å². The Hall–Kier alpha value is -1.94. The topological polar surface area (TPSA) is 38.3 Å². The molecule has 1 N–H and O–H groups in total. The quantitative estimate of drug-likeness (QED) is 0.867. The second-order valence-electron chi connectivity index (χ2n) is 4.85. The molecule has 0 aliphatic carbocycles. The number of aryl methyl sites for hydroxylation is 2. The van der Waals surface area contributed by atoms with Gasteiger partial charge in [0.05, 0.1) is 12.0 Å². The first-order chi connectivity index (χ1) is 9.70. The van der Waals surface area contributed by atoms with Crippen molar-refractivity contribution in [2.75, 3.05) is 5.32 Å². The summed E-state index contributed by atoms with van der Waals surface area (Å²) in [5, 5.41) is 2.87. The number of anilines is 1. The fourth-order valence-electron chi connectivity index (χ4n) is 2.10. The highest BCUT2D eigenvalue weighted by Crippen LogP contribution is 2.30. The molecular formula is C16H15NO2S. The molecule has 0 unspecified atom stereocenters. The lowest BCUT2D eigenvalue weighted by molar-refractivity contribution is -0.116. The number of hydrogen-bond donors (Lipinski definition) is 1. The molecule has 0 saturated heterocycles. The van der Waals surface area contributed by atoms with E-state index >= 15 is 0 Å². The van der Waals surface area contributed by atoms with Crippen LogP contribution in [0.25, 0.3) is 0 Å². The van der Waals surface area contributed by atoms with Gasteiger partial charge in [0.15, 0.2) is 0 Å². The monoisotopic (exact) mass is 285 g/mol. The molecule has 102 valence electrons. The Bertz CT molecular complexity index is 637. The highest BCUT2D eigenvalue weighted by Gasteiger charge is 2.15. The molecule has 0 spiro atoms.